The van der Waals surface area contributed by atoms with E-state index in [0.717, 1.165) is 5.39 Å². The molecule has 0 saturated heterocycles. The predicted molar refractivity (Wildman–Crippen MR) is 49.8 cm³/mol. The van der Waals surface area contributed by atoms with Crippen molar-refractivity contribution in [1.82, 2.24) is 0 Å². The van der Waals surface area contributed by atoms with Crippen molar-refractivity contribution in [2.75, 3.05) is 0 Å². The van der Waals surface area contributed by atoms with Crippen LogP contribution in [-0.4, -0.2) is 0 Å². The lowest BCUT2D eigenvalue weighted by atomic mass is 10.1. The topological polar surface area (TPSA) is 23.8 Å². The summed E-state index contributed by atoms with van der Waals surface area (Å²) in [5.41, 5.74) is 0.716. The van der Waals surface area contributed by atoms with E-state index in [1.165, 1.54) is 5.39 Å². The molecule has 0 saturated carbocycles. The fraction of sp³-hybridized carbons (Fsp3) is 0. The highest BCUT2D eigenvalue weighted by molar-refractivity contribution is 5.83. The molecule has 0 atom stereocenters. The SMILES string of the molecule is N#Cc1ccc2ccccc2c1.[H+]. The summed E-state index contributed by atoms with van der Waals surface area (Å²) < 4.78 is 0. The van der Waals surface area contributed by atoms with Crippen LogP contribution in [0.1, 0.15) is 6.99 Å². The molecule has 0 aliphatic carbocycles. The molecule has 0 aromatic heterocycles. The minimum absolute atomic E-state index is 0. The molecular formula is C11H8N+. The van der Waals surface area contributed by atoms with Gasteiger partial charge in [0.25, 0.3) is 0 Å². The van der Waals surface area contributed by atoms with Crippen molar-refractivity contribution in [1.29, 1.82) is 5.26 Å². The molecule has 1 heteroatoms. The average Bonchev–Trinajstić information content (AvgIpc) is 2.17. The van der Waals surface area contributed by atoms with Crippen LogP contribution in [0, 0.1) is 11.3 Å². The van der Waals surface area contributed by atoms with Crippen LogP contribution in [0.5, 0.6) is 0 Å². The molecule has 0 unspecified atom stereocenters. The highest BCUT2D eigenvalue weighted by Crippen LogP contribution is 2.14. The van der Waals surface area contributed by atoms with Crippen molar-refractivity contribution in [3.63, 3.8) is 0 Å². The summed E-state index contributed by atoms with van der Waals surface area (Å²) in [6.07, 6.45) is 0. The smallest absolute Gasteiger partial charge is 0.192 e. The minimum atomic E-state index is 0. The molecular weight excluding hydrogens is 146 g/mol. The Bertz CT molecular complexity index is 457. The van der Waals surface area contributed by atoms with Crippen LogP contribution in [-0.2, 0) is 0 Å². The standard InChI is InChI=1S/C11H7N/c12-8-9-5-6-10-3-1-2-4-11(10)7-9/h1-7H/p+1. The van der Waals surface area contributed by atoms with Gasteiger partial charge in [0.05, 0.1) is 11.6 Å². The average molecular weight is 154 g/mol. The maximum atomic E-state index is 8.65. The Morgan fingerprint density at radius 3 is 2.50 bits per heavy atom. The van der Waals surface area contributed by atoms with Crippen LogP contribution in [0.15, 0.2) is 42.5 Å². The molecule has 0 N–H and O–H groups in total. The Hall–Kier alpha value is -1.81. The first-order chi connectivity index (χ1) is 5.90. The zero-order valence-corrected chi connectivity index (χ0v) is 6.49. The molecule has 0 aliphatic rings. The van der Waals surface area contributed by atoms with Crippen molar-refractivity contribution in [3.8, 4) is 6.07 Å². The fourth-order valence-electron chi connectivity index (χ4n) is 1.26. The van der Waals surface area contributed by atoms with Crippen molar-refractivity contribution in [2.24, 2.45) is 0 Å². The summed E-state index contributed by atoms with van der Waals surface area (Å²) in [7, 11) is 0. The molecule has 2 rings (SSSR count). The van der Waals surface area contributed by atoms with Crippen molar-refractivity contribution in [2.45, 2.75) is 0 Å². The molecule has 0 aliphatic heterocycles. The third-order valence-corrected chi connectivity index (χ3v) is 1.88. The Morgan fingerprint density at radius 2 is 1.75 bits per heavy atom. The maximum Gasteiger partial charge on any atom is 1.00 e. The number of nitrogens with zero attached hydrogens (tertiary/aromatic N) is 1. The Labute approximate surface area is 72.4 Å². The van der Waals surface area contributed by atoms with E-state index in [4.69, 9.17) is 5.26 Å². The largest absolute Gasteiger partial charge is 1.00 e. The summed E-state index contributed by atoms with van der Waals surface area (Å²) in [4.78, 5) is 0. The second kappa shape index (κ2) is 2.67. The maximum absolute atomic E-state index is 8.65. The van der Waals surface area contributed by atoms with Crippen LogP contribution in [0.4, 0.5) is 0 Å². The molecule has 0 amide bonds. The van der Waals surface area contributed by atoms with E-state index in [0.29, 0.717) is 5.56 Å². The number of hydrogen-bond donors (Lipinski definition) is 0. The minimum Gasteiger partial charge on any atom is -0.192 e. The van der Waals surface area contributed by atoms with Gasteiger partial charge in [0, 0.05) is 0 Å². The number of rotatable bonds is 0. The van der Waals surface area contributed by atoms with Crippen LogP contribution >= 0.6 is 0 Å². The van der Waals surface area contributed by atoms with Crippen molar-refractivity contribution >= 4 is 10.8 Å². The first-order valence-corrected chi connectivity index (χ1v) is 3.79. The van der Waals surface area contributed by atoms with Gasteiger partial charge in [0.2, 0.25) is 0 Å². The number of hydrogen-bond acceptors (Lipinski definition) is 1. The van der Waals surface area contributed by atoms with Gasteiger partial charge in [-0.3, -0.25) is 0 Å². The summed E-state index contributed by atoms with van der Waals surface area (Å²) in [5.74, 6) is 0. The van der Waals surface area contributed by atoms with E-state index in [1.807, 2.05) is 42.5 Å². The monoisotopic (exact) mass is 154 g/mol. The van der Waals surface area contributed by atoms with E-state index in [-0.39, 0.29) is 1.43 Å². The third kappa shape index (κ3) is 1.04. The first-order valence-electron chi connectivity index (χ1n) is 3.79. The molecule has 0 radical (unpaired) electrons. The van der Waals surface area contributed by atoms with Gasteiger partial charge >= 0.3 is 1.43 Å². The van der Waals surface area contributed by atoms with E-state index in [2.05, 4.69) is 6.07 Å². The van der Waals surface area contributed by atoms with Gasteiger partial charge in [0.1, 0.15) is 0 Å². The quantitative estimate of drug-likeness (QED) is 0.572. The van der Waals surface area contributed by atoms with Gasteiger partial charge in [-0.15, -0.1) is 0 Å². The van der Waals surface area contributed by atoms with Gasteiger partial charge in [-0.05, 0) is 22.9 Å². The van der Waals surface area contributed by atoms with Gasteiger partial charge in [-0.25, -0.2) is 0 Å². The Morgan fingerprint density at radius 1 is 1.00 bits per heavy atom. The molecule has 0 bridgehead atoms. The lowest BCUT2D eigenvalue weighted by Crippen LogP contribution is -1.74. The van der Waals surface area contributed by atoms with E-state index < -0.39 is 0 Å². The van der Waals surface area contributed by atoms with E-state index in [1.54, 1.807) is 0 Å². The summed E-state index contributed by atoms with van der Waals surface area (Å²) in [5, 5.41) is 10.9. The van der Waals surface area contributed by atoms with Gasteiger partial charge < -0.3 is 0 Å². The number of benzene rings is 2. The van der Waals surface area contributed by atoms with Crippen molar-refractivity contribution < 1.29 is 1.43 Å². The van der Waals surface area contributed by atoms with Gasteiger partial charge in [-0.1, -0.05) is 30.3 Å². The van der Waals surface area contributed by atoms with Crippen LogP contribution in [0.2, 0.25) is 0 Å². The lowest BCUT2D eigenvalue weighted by molar-refractivity contribution is 1.50. The summed E-state index contributed by atoms with van der Waals surface area (Å²) >= 11 is 0. The Kier molecular flexibility index (Phi) is 1.53. The second-order valence-electron chi connectivity index (χ2n) is 2.67. The summed E-state index contributed by atoms with van der Waals surface area (Å²) in [6.45, 7) is 0. The molecule has 1 nitrogen and oxygen atoms in total. The first kappa shape index (κ1) is 6.87. The fourth-order valence-corrected chi connectivity index (χ4v) is 1.26. The number of fused-ring (bicyclic) bond motifs is 1. The molecule has 0 fully saturated rings. The van der Waals surface area contributed by atoms with Gasteiger partial charge in [-0.2, -0.15) is 5.26 Å². The third-order valence-electron chi connectivity index (χ3n) is 1.88. The lowest BCUT2D eigenvalue weighted by Gasteiger charge is -1.95. The zero-order valence-electron chi connectivity index (χ0n) is 7.49. The highest BCUT2D eigenvalue weighted by atomic mass is 14.2. The highest BCUT2D eigenvalue weighted by Gasteiger charge is 1.92. The second-order valence-corrected chi connectivity index (χ2v) is 2.67. The van der Waals surface area contributed by atoms with Crippen LogP contribution in [0.3, 0.4) is 0 Å². The molecule has 0 spiro atoms. The summed E-state index contributed by atoms with van der Waals surface area (Å²) in [6, 6.07) is 15.8. The molecule has 0 heterocycles. The molecule has 2 aromatic carbocycles. The molecule has 2 aromatic rings. The van der Waals surface area contributed by atoms with Gasteiger partial charge in [0.15, 0.2) is 0 Å². The van der Waals surface area contributed by atoms with E-state index >= 15 is 0 Å². The van der Waals surface area contributed by atoms with Crippen LogP contribution < -0.4 is 0 Å². The van der Waals surface area contributed by atoms with Crippen LogP contribution in [0.25, 0.3) is 10.8 Å². The number of nitriles is 1. The Balaban J connectivity index is 0.000000845. The molecule has 12 heavy (non-hydrogen) atoms. The normalized spacial score (nSPS) is 9.58. The van der Waals surface area contributed by atoms with E-state index in [9.17, 15) is 0 Å². The zero-order chi connectivity index (χ0) is 8.39. The van der Waals surface area contributed by atoms with Crippen molar-refractivity contribution in [3.05, 3.63) is 48.0 Å². The molecule has 56 valence electrons. The predicted octanol–water partition coefficient (Wildman–Crippen LogP) is 2.82.